The molecule has 1 aromatic carbocycles. The molecule has 0 aromatic heterocycles. The van der Waals surface area contributed by atoms with E-state index in [1.165, 1.54) is 19.8 Å². The number of nitrogens with two attached hydrogens (primary N) is 1. The highest BCUT2D eigenvalue weighted by Crippen LogP contribution is 2.35. The van der Waals surface area contributed by atoms with Gasteiger partial charge in [-0.25, -0.2) is 0 Å². The van der Waals surface area contributed by atoms with E-state index in [1.807, 2.05) is 0 Å². The first-order valence-electron chi connectivity index (χ1n) is 6.74. The lowest BCUT2D eigenvalue weighted by Gasteiger charge is -2.28. The molecule has 19 heavy (non-hydrogen) atoms. The number of Topliss-reactive ketones (excluding diaryl/α,β-unsaturated/α-hetero) is 1. The van der Waals surface area contributed by atoms with Gasteiger partial charge in [-0.3, -0.25) is 4.79 Å². The molecule has 2 N–H and O–H groups in total. The van der Waals surface area contributed by atoms with Crippen molar-refractivity contribution in [3.05, 3.63) is 22.2 Å². The van der Waals surface area contributed by atoms with Crippen LogP contribution in [0.5, 0.6) is 5.75 Å². The van der Waals surface area contributed by atoms with E-state index in [1.54, 1.807) is 12.1 Å². The first-order valence-corrected chi connectivity index (χ1v) is 7.53. The molecule has 0 saturated heterocycles. The Morgan fingerprint density at radius 2 is 2.16 bits per heavy atom. The molecule has 2 unspecified atom stereocenters. The van der Waals surface area contributed by atoms with Crippen LogP contribution in [0.1, 0.15) is 49.9 Å². The predicted molar refractivity (Wildman–Crippen MR) is 80.6 cm³/mol. The van der Waals surface area contributed by atoms with E-state index < -0.39 is 0 Å². The highest BCUT2D eigenvalue weighted by Gasteiger charge is 2.23. The van der Waals surface area contributed by atoms with E-state index in [2.05, 4.69) is 22.9 Å². The third-order valence-corrected chi connectivity index (χ3v) is 4.09. The van der Waals surface area contributed by atoms with E-state index >= 15 is 0 Å². The Hall–Kier alpha value is -1.03. The van der Waals surface area contributed by atoms with Crippen LogP contribution in [0.3, 0.4) is 0 Å². The van der Waals surface area contributed by atoms with Crippen molar-refractivity contribution in [3.8, 4) is 5.75 Å². The van der Waals surface area contributed by atoms with E-state index in [-0.39, 0.29) is 11.9 Å². The summed E-state index contributed by atoms with van der Waals surface area (Å²) >= 11 is 3.36. The highest BCUT2D eigenvalue weighted by atomic mass is 79.9. The predicted octanol–water partition coefficient (Wildman–Crippen LogP) is 4.19. The zero-order chi connectivity index (χ0) is 14.0. The number of carbonyl (C=O) groups is 1. The number of hydrogen-bond donors (Lipinski definition) is 1. The lowest BCUT2D eigenvalue weighted by molar-refractivity contribution is 0.0994. The van der Waals surface area contributed by atoms with Gasteiger partial charge in [-0.2, -0.15) is 0 Å². The summed E-state index contributed by atoms with van der Waals surface area (Å²) in [6.07, 6.45) is 4.68. The first-order chi connectivity index (χ1) is 8.97. The van der Waals surface area contributed by atoms with Crippen LogP contribution in [-0.4, -0.2) is 11.9 Å². The maximum atomic E-state index is 11.7. The number of halogens is 1. The van der Waals surface area contributed by atoms with Gasteiger partial charge in [0.25, 0.3) is 0 Å². The molecule has 0 heterocycles. The normalized spacial score (nSPS) is 23.1. The van der Waals surface area contributed by atoms with Crippen LogP contribution >= 0.6 is 15.9 Å². The molecule has 0 radical (unpaired) electrons. The lowest BCUT2D eigenvalue weighted by atomic mass is 9.88. The van der Waals surface area contributed by atoms with Gasteiger partial charge in [-0.1, -0.05) is 29.3 Å². The highest BCUT2D eigenvalue weighted by molar-refractivity contribution is 9.10. The summed E-state index contributed by atoms with van der Waals surface area (Å²) in [6.45, 7) is 3.78. The Kier molecular flexibility index (Phi) is 4.50. The van der Waals surface area contributed by atoms with Crippen LogP contribution in [0.25, 0.3) is 0 Å². The third-order valence-electron chi connectivity index (χ3n) is 3.63. The molecule has 1 fully saturated rings. The molecule has 2 rings (SSSR count). The summed E-state index contributed by atoms with van der Waals surface area (Å²) < 4.78 is 6.84. The van der Waals surface area contributed by atoms with Crippen molar-refractivity contribution in [1.82, 2.24) is 0 Å². The molecule has 0 aliphatic heterocycles. The molecular weight excluding hydrogens is 306 g/mol. The van der Waals surface area contributed by atoms with E-state index in [0.29, 0.717) is 22.9 Å². The number of benzene rings is 1. The summed E-state index contributed by atoms with van der Waals surface area (Å²) in [5.74, 6) is 1.21. The fourth-order valence-electron chi connectivity index (χ4n) is 2.66. The van der Waals surface area contributed by atoms with Crippen LogP contribution in [0.15, 0.2) is 16.6 Å². The molecule has 3 nitrogen and oxygen atoms in total. The maximum Gasteiger partial charge on any atom is 0.163 e. The Morgan fingerprint density at radius 3 is 2.79 bits per heavy atom. The number of hydrogen-bond acceptors (Lipinski definition) is 3. The SMILES string of the molecule is CC(=O)c1cc(Br)cc(N)c1OC1CCCC(C)C1. The van der Waals surface area contributed by atoms with Crippen molar-refractivity contribution >= 4 is 27.4 Å². The first kappa shape index (κ1) is 14.4. The summed E-state index contributed by atoms with van der Waals surface area (Å²) in [6, 6.07) is 3.56. The minimum Gasteiger partial charge on any atom is -0.487 e. The van der Waals surface area contributed by atoms with Gasteiger partial charge < -0.3 is 10.5 Å². The van der Waals surface area contributed by atoms with E-state index in [0.717, 1.165) is 17.3 Å². The Balaban J connectivity index is 2.26. The van der Waals surface area contributed by atoms with Crippen molar-refractivity contribution < 1.29 is 9.53 Å². The summed E-state index contributed by atoms with van der Waals surface area (Å²) in [4.78, 5) is 11.7. The molecule has 4 heteroatoms. The Morgan fingerprint density at radius 1 is 1.42 bits per heavy atom. The van der Waals surface area contributed by atoms with Gasteiger partial charge in [0.2, 0.25) is 0 Å². The van der Waals surface area contributed by atoms with Gasteiger partial charge in [-0.05, 0) is 44.2 Å². The largest absolute Gasteiger partial charge is 0.487 e. The van der Waals surface area contributed by atoms with Crippen molar-refractivity contribution in [3.63, 3.8) is 0 Å². The van der Waals surface area contributed by atoms with Gasteiger partial charge >= 0.3 is 0 Å². The fraction of sp³-hybridized carbons (Fsp3) is 0.533. The van der Waals surface area contributed by atoms with Gasteiger partial charge in [0.05, 0.1) is 17.4 Å². The van der Waals surface area contributed by atoms with Gasteiger partial charge in [0, 0.05) is 4.47 Å². The minimum absolute atomic E-state index is 0.0214. The molecule has 0 spiro atoms. The van der Waals surface area contributed by atoms with Crippen LogP contribution < -0.4 is 10.5 Å². The minimum atomic E-state index is -0.0214. The number of ketones is 1. The second kappa shape index (κ2) is 5.95. The molecular formula is C15H20BrNO2. The second-order valence-electron chi connectivity index (χ2n) is 5.44. The van der Waals surface area contributed by atoms with Crippen molar-refractivity contribution in [2.75, 3.05) is 5.73 Å². The smallest absolute Gasteiger partial charge is 0.163 e. The van der Waals surface area contributed by atoms with Crippen LogP contribution in [0, 0.1) is 5.92 Å². The number of nitrogen functional groups attached to an aromatic ring is 1. The average Bonchev–Trinajstić information content (AvgIpc) is 2.32. The standard InChI is InChI=1S/C15H20BrNO2/c1-9-4-3-5-12(6-9)19-15-13(10(2)18)7-11(16)8-14(15)17/h7-9,12H,3-6,17H2,1-2H3. The Labute approximate surface area is 122 Å². The topological polar surface area (TPSA) is 52.3 Å². The zero-order valence-electron chi connectivity index (χ0n) is 11.4. The van der Waals surface area contributed by atoms with Crippen LogP contribution in [-0.2, 0) is 0 Å². The molecule has 2 atom stereocenters. The summed E-state index contributed by atoms with van der Waals surface area (Å²) in [7, 11) is 0. The van der Waals surface area contributed by atoms with Gasteiger partial charge in [0.15, 0.2) is 11.5 Å². The number of ether oxygens (including phenoxy) is 1. The zero-order valence-corrected chi connectivity index (χ0v) is 13.0. The number of anilines is 1. The molecule has 0 bridgehead atoms. The molecule has 1 aliphatic rings. The summed E-state index contributed by atoms with van der Waals surface area (Å²) in [5, 5.41) is 0. The van der Waals surface area contributed by atoms with Gasteiger partial charge in [0.1, 0.15) is 0 Å². The number of rotatable bonds is 3. The summed E-state index contributed by atoms with van der Waals surface area (Å²) in [5.41, 5.74) is 7.09. The van der Waals surface area contributed by atoms with Crippen molar-refractivity contribution in [2.45, 2.75) is 45.6 Å². The molecule has 1 aromatic rings. The lowest BCUT2D eigenvalue weighted by Crippen LogP contribution is -2.25. The molecule has 1 saturated carbocycles. The second-order valence-corrected chi connectivity index (χ2v) is 6.36. The van der Waals surface area contributed by atoms with Crippen molar-refractivity contribution in [1.29, 1.82) is 0 Å². The Bertz CT molecular complexity index is 487. The molecule has 104 valence electrons. The van der Waals surface area contributed by atoms with Crippen molar-refractivity contribution in [2.24, 2.45) is 5.92 Å². The maximum absolute atomic E-state index is 11.7. The molecule has 1 aliphatic carbocycles. The quantitative estimate of drug-likeness (QED) is 0.669. The monoisotopic (exact) mass is 325 g/mol. The van der Waals surface area contributed by atoms with Crippen LogP contribution in [0.4, 0.5) is 5.69 Å². The average molecular weight is 326 g/mol. The number of carbonyl (C=O) groups excluding carboxylic acids is 1. The fourth-order valence-corrected chi connectivity index (χ4v) is 3.14. The van der Waals surface area contributed by atoms with E-state index in [4.69, 9.17) is 10.5 Å². The third kappa shape index (κ3) is 3.50. The van der Waals surface area contributed by atoms with E-state index in [9.17, 15) is 4.79 Å². The van der Waals surface area contributed by atoms with Gasteiger partial charge in [-0.15, -0.1) is 0 Å². The molecule has 0 amide bonds. The van der Waals surface area contributed by atoms with Crippen LogP contribution in [0.2, 0.25) is 0 Å².